The molecule has 1 heterocycles. The molecule has 0 radical (unpaired) electrons. The lowest BCUT2D eigenvalue weighted by Gasteiger charge is -2.46. The minimum absolute atomic E-state index is 0.0768. The van der Waals surface area contributed by atoms with E-state index in [1.807, 2.05) is 37.3 Å². The molecule has 1 aromatic carbocycles. The maximum atomic E-state index is 9.78. The van der Waals surface area contributed by atoms with Gasteiger partial charge in [-0.05, 0) is 6.92 Å². The van der Waals surface area contributed by atoms with Gasteiger partial charge in [0.25, 0.3) is 0 Å². The van der Waals surface area contributed by atoms with E-state index in [0.29, 0.717) is 13.2 Å². The highest BCUT2D eigenvalue weighted by molar-refractivity contribution is 5.20. The van der Waals surface area contributed by atoms with Crippen LogP contribution in [0.3, 0.4) is 0 Å². The van der Waals surface area contributed by atoms with E-state index in [-0.39, 0.29) is 12.0 Å². The lowest BCUT2D eigenvalue weighted by molar-refractivity contribution is -0.878. The number of aliphatic hydroxyl groups is 1. The molecule has 1 fully saturated rings. The van der Waals surface area contributed by atoms with Gasteiger partial charge in [-0.3, -0.25) is 0 Å². The van der Waals surface area contributed by atoms with Gasteiger partial charge in [-0.1, -0.05) is 30.3 Å². The fourth-order valence-electron chi connectivity index (χ4n) is 2.81. The Morgan fingerprint density at radius 1 is 1.10 bits per heavy atom. The number of nitrogens with zero attached hydrogens (tertiary/aromatic N) is 1. The van der Waals surface area contributed by atoms with Crippen LogP contribution in [-0.2, 0) is 15.3 Å². The van der Waals surface area contributed by atoms with E-state index >= 15 is 0 Å². The Bertz CT molecular complexity index is 431. The molecule has 1 saturated heterocycles. The second-order valence-corrected chi connectivity index (χ2v) is 7.00. The molecule has 2 rings (SSSR count). The summed E-state index contributed by atoms with van der Waals surface area (Å²) in [5.41, 5.74) is 0.684. The highest BCUT2D eigenvalue weighted by Crippen LogP contribution is 2.37. The first kappa shape index (κ1) is 15.4. The second kappa shape index (κ2) is 5.45. The number of aliphatic hydroxyl groups excluding tert-OH is 1. The fraction of sp³-hybridized carbons (Fsp3) is 0.625. The van der Waals surface area contributed by atoms with Crippen molar-refractivity contribution in [2.45, 2.75) is 12.7 Å². The van der Waals surface area contributed by atoms with Gasteiger partial charge in [0.1, 0.15) is 0 Å². The fourth-order valence-corrected chi connectivity index (χ4v) is 2.81. The third-order valence-electron chi connectivity index (χ3n) is 3.75. The molecule has 0 aromatic heterocycles. The quantitative estimate of drug-likeness (QED) is 0.851. The predicted octanol–water partition coefficient (Wildman–Crippen LogP) is 1.59. The van der Waals surface area contributed by atoms with E-state index < -0.39 is 5.79 Å². The molecule has 4 heteroatoms. The molecule has 0 atom stereocenters. The molecule has 0 saturated carbocycles. The van der Waals surface area contributed by atoms with Crippen LogP contribution >= 0.6 is 0 Å². The van der Waals surface area contributed by atoms with Crippen molar-refractivity contribution in [2.24, 2.45) is 5.41 Å². The number of benzene rings is 1. The summed E-state index contributed by atoms with van der Waals surface area (Å²) in [6, 6.07) is 9.95. The molecule has 0 bridgehead atoms. The van der Waals surface area contributed by atoms with Crippen LogP contribution in [0.2, 0.25) is 0 Å². The second-order valence-electron chi connectivity index (χ2n) is 7.00. The number of hydrogen-bond acceptors (Lipinski definition) is 3. The average Bonchev–Trinajstić information content (AvgIpc) is 2.41. The summed E-state index contributed by atoms with van der Waals surface area (Å²) in [7, 11) is 6.34. The molecule has 20 heavy (non-hydrogen) atoms. The number of quaternary nitrogens is 1. The highest BCUT2D eigenvalue weighted by atomic mass is 16.7. The van der Waals surface area contributed by atoms with Crippen LogP contribution in [0.5, 0.6) is 0 Å². The lowest BCUT2D eigenvalue weighted by Crippen LogP contribution is -2.56. The molecule has 0 amide bonds. The van der Waals surface area contributed by atoms with Gasteiger partial charge < -0.3 is 19.1 Å². The van der Waals surface area contributed by atoms with E-state index in [0.717, 1.165) is 16.6 Å². The van der Waals surface area contributed by atoms with E-state index in [4.69, 9.17) is 9.47 Å². The van der Waals surface area contributed by atoms with Crippen LogP contribution in [0.1, 0.15) is 12.5 Å². The van der Waals surface area contributed by atoms with E-state index in [1.165, 1.54) is 0 Å². The molecule has 1 aliphatic rings. The van der Waals surface area contributed by atoms with Crippen molar-refractivity contribution in [3.63, 3.8) is 0 Å². The van der Waals surface area contributed by atoms with E-state index in [9.17, 15) is 5.11 Å². The Labute approximate surface area is 121 Å². The first-order valence-electron chi connectivity index (χ1n) is 7.03. The van der Waals surface area contributed by atoms with Gasteiger partial charge in [-0.25, -0.2) is 0 Å². The smallest absolute Gasteiger partial charge is 0.191 e. The molecule has 0 aliphatic carbocycles. The van der Waals surface area contributed by atoms with Crippen molar-refractivity contribution in [1.29, 1.82) is 0 Å². The van der Waals surface area contributed by atoms with Crippen molar-refractivity contribution >= 4 is 0 Å². The van der Waals surface area contributed by atoms with Crippen LogP contribution < -0.4 is 0 Å². The molecule has 1 N–H and O–H groups in total. The Kier molecular flexibility index (Phi) is 4.21. The first-order valence-corrected chi connectivity index (χ1v) is 7.03. The maximum Gasteiger partial charge on any atom is 0.191 e. The normalized spacial score (nSPS) is 31.2. The molecule has 0 unspecified atom stereocenters. The Hall–Kier alpha value is -0.940. The number of ether oxygens (including phenoxy) is 2. The summed E-state index contributed by atoms with van der Waals surface area (Å²) in [5.74, 6) is -0.717. The SMILES string of the molecule is CC1(c2ccccc2)OCC(CO)(C[N+](C)(C)C)CO1. The van der Waals surface area contributed by atoms with E-state index in [1.54, 1.807) is 0 Å². The lowest BCUT2D eigenvalue weighted by atomic mass is 9.88. The van der Waals surface area contributed by atoms with Crippen molar-refractivity contribution in [3.05, 3.63) is 35.9 Å². The third-order valence-corrected chi connectivity index (χ3v) is 3.75. The molecule has 1 aromatic rings. The van der Waals surface area contributed by atoms with Crippen LogP contribution in [0.4, 0.5) is 0 Å². The average molecular weight is 280 g/mol. The minimum atomic E-state index is -0.717. The Morgan fingerprint density at radius 3 is 2.10 bits per heavy atom. The summed E-state index contributed by atoms with van der Waals surface area (Å²) < 4.78 is 12.8. The molecule has 0 spiro atoms. The van der Waals surface area contributed by atoms with Crippen LogP contribution in [0.15, 0.2) is 30.3 Å². The maximum absolute atomic E-state index is 9.78. The zero-order chi connectivity index (χ0) is 14.9. The molecule has 112 valence electrons. The van der Waals surface area contributed by atoms with Gasteiger partial charge in [0.15, 0.2) is 5.79 Å². The van der Waals surface area contributed by atoms with Gasteiger partial charge in [0.2, 0.25) is 0 Å². The summed E-state index contributed by atoms with van der Waals surface area (Å²) in [5, 5.41) is 9.78. The van der Waals surface area contributed by atoms with Crippen LogP contribution in [0, 0.1) is 5.41 Å². The topological polar surface area (TPSA) is 38.7 Å². The Balaban J connectivity index is 2.11. The minimum Gasteiger partial charge on any atom is -0.395 e. The Morgan fingerprint density at radius 2 is 1.65 bits per heavy atom. The van der Waals surface area contributed by atoms with Crippen LogP contribution in [-0.4, -0.2) is 57.1 Å². The van der Waals surface area contributed by atoms with Crippen molar-refractivity contribution < 1.29 is 19.1 Å². The summed E-state index contributed by atoms with van der Waals surface area (Å²) in [6.07, 6.45) is 0. The molecule has 4 nitrogen and oxygen atoms in total. The standard InChI is InChI=1S/C16H26NO3/c1-15(14-8-6-5-7-9-14)19-12-16(11-18,13-20-15)10-17(2,3)4/h5-9,18H,10-13H2,1-4H3/q+1. The van der Waals surface area contributed by atoms with Crippen LogP contribution in [0.25, 0.3) is 0 Å². The highest BCUT2D eigenvalue weighted by Gasteiger charge is 2.45. The first-order chi connectivity index (χ1) is 9.29. The molecular formula is C16H26NO3+. The van der Waals surface area contributed by atoms with Gasteiger partial charge in [-0.15, -0.1) is 0 Å². The summed E-state index contributed by atoms with van der Waals surface area (Å²) in [6.45, 7) is 3.84. The molecular weight excluding hydrogens is 254 g/mol. The predicted molar refractivity (Wildman–Crippen MR) is 78.1 cm³/mol. The molecule has 1 aliphatic heterocycles. The third kappa shape index (κ3) is 3.38. The summed E-state index contributed by atoms with van der Waals surface area (Å²) >= 11 is 0. The van der Waals surface area contributed by atoms with Crippen molar-refractivity contribution in [2.75, 3.05) is 47.5 Å². The number of rotatable bonds is 4. The zero-order valence-corrected chi connectivity index (χ0v) is 12.9. The monoisotopic (exact) mass is 280 g/mol. The van der Waals surface area contributed by atoms with Gasteiger partial charge >= 0.3 is 0 Å². The van der Waals surface area contributed by atoms with Crippen molar-refractivity contribution in [1.82, 2.24) is 0 Å². The van der Waals surface area contributed by atoms with Crippen molar-refractivity contribution in [3.8, 4) is 0 Å². The summed E-state index contributed by atoms with van der Waals surface area (Å²) in [4.78, 5) is 0. The largest absolute Gasteiger partial charge is 0.395 e. The zero-order valence-electron chi connectivity index (χ0n) is 12.9. The van der Waals surface area contributed by atoms with E-state index in [2.05, 4.69) is 21.1 Å². The van der Waals surface area contributed by atoms with Gasteiger partial charge in [0, 0.05) is 5.56 Å². The van der Waals surface area contributed by atoms with Gasteiger partial charge in [-0.2, -0.15) is 0 Å². The number of hydrogen-bond donors (Lipinski definition) is 1. The van der Waals surface area contributed by atoms with Gasteiger partial charge in [0.05, 0.1) is 52.9 Å².